The first kappa shape index (κ1) is 19.7. The van der Waals surface area contributed by atoms with Gasteiger partial charge in [-0.15, -0.1) is 0 Å². The van der Waals surface area contributed by atoms with E-state index in [1.54, 1.807) is 16.8 Å². The Labute approximate surface area is 156 Å². The molecule has 1 unspecified atom stereocenters. The third-order valence-corrected chi connectivity index (χ3v) is 5.40. The number of hydrogen-bond donors (Lipinski definition) is 1. The Bertz CT molecular complexity index is 703. The molecule has 2 fully saturated rings. The number of carbonyl (C=O) groups is 2. The Balaban J connectivity index is 1.75. The van der Waals surface area contributed by atoms with E-state index >= 15 is 0 Å². The van der Waals surface area contributed by atoms with Crippen molar-refractivity contribution in [3.05, 3.63) is 35.4 Å². The lowest BCUT2D eigenvalue weighted by molar-refractivity contribution is -0.150. The molecule has 1 aromatic carbocycles. The number of amides is 1. The SMILES string of the molecule is CN(CC(=O)O)CC1CN(C(=O)C2(c3c(F)cccc3F)CCC2)CCO1. The average molecular weight is 382 g/mol. The average Bonchev–Trinajstić information content (AvgIpc) is 2.55. The Morgan fingerprint density at radius 2 is 2.00 bits per heavy atom. The van der Waals surface area contributed by atoms with Crippen LogP contribution in [0.2, 0.25) is 0 Å². The van der Waals surface area contributed by atoms with Gasteiger partial charge in [-0.1, -0.05) is 12.5 Å². The Hall–Kier alpha value is -2.06. The number of morpholine rings is 1. The van der Waals surface area contributed by atoms with Crippen molar-refractivity contribution in [1.29, 1.82) is 0 Å². The van der Waals surface area contributed by atoms with Gasteiger partial charge in [0.25, 0.3) is 0 Å². The fourth-order valence-corrected chi connectivity index (χ4v) is 4.02. The summed E-state index contributed by atoms with van der Waals surface area (Å²) in [5.74, 6) is -2.58. The van der Waals surface area contributed by atoms with Gasteiger partial charge in [0.1, 0.15) is 11.6 Å². The number of halogens is 2. The van der Waals surface area contributed by atoms with E-state index in [4.69, 9.17) is 9.84 Å². The third-order valence-electron chi connectivity index (χ3n) is 5.40. The number of aliphatic carboxylic acids is 1. The fraction of sp³-hybridized carbons (Fsp3) is 0.579. The Kier molecular flexibility index (Phi) is 5.76. The van der Waals surface area contributed by atoms with E-state index < -0.39 is 23.0 Å². The number of carbonyl (C=O) groups excluding carboxylic acids is 1. The van der Waals surface area contributed by atoms with Crippen molar-refractivity contribution in [3.8, 4) is 0 Å². The lowest BCUT2D eigenvalue weighted by atomic mass is 9.63. The summed E-state index contributed by atoms with van der Waals surface area (Å²) >= 11 is 0. The molecular formula is C19H24F2N2O4. The highest BCUT2D eigenvalue weighted by atomic mass is 19.1. The van der Waals surface area contributed by atoms with Crippen LogP contribution in [0.15, 0.2) is 18.2 Å². The van der Waals surface area contributed by atoms with Gasteiger partial charge in [-0.05, 0) is 32.0 Å². The molecule has 0 radical (unpaired) electrons. The molecule has 27 heavy (non-hydrogen) atoms. The first-order valence-corrected chi connectivity index (χ1v) is 9.09. The number of hydrogen-bond acceptors (Lipinski definition) is 4. The lowest BCUT2D eigenvalue weighted by Gasteiger charge is -2.46. The minimum atomic E-state index is -1.15. The topological polar surface area (TPSA) is 70.1 Å². The van der Waals surface area contributed by atoms with E-state index in [2.05, 4.69) is 0 Å². The van der Waals surface area contributed by atoms with Crippen LogP contribution in [-0.4, -0.2) is 72.7 Å². The summed E-state index contributed by atoms with van der Waals surface area (Å²) in [5.41, 5.74) is -1.28. The number of rotatable bonds is 6. The number of ether oxygens (including phenoxy) is 1. The van der Waals surface area contributed by atoms with E-state index in [1.165, 1.54) is 18.2 Å². The molecule has 0 spiro atoms. The molecule has 1 saturated heterocycles. The van der Waals surface area contributed by atoms with Crippen molar-refractivity contribution in [3.63, 3.8) is 0 Å². The van der Waals surface area contributed by atoms with Gasteiger partial charge in [-0.2, -0.15) is 0 Å². The molecule has 6 nitrogen and oxygen atoms in total. The van der Waals surface area contributed by atoms with E-state index in [-0.39, 0.29) is 30.7 Å². The number of benzene rings is 1. The Morgan fingerprint density at radius 3 is 2.56 bits per heavy atom. The monoisotopic (exact) mass is 382 g/mol. The lowest BCUT2D eigenvalue weighted by Crippen LogP contribution is -2.57. The highest BCUT2D eigenvalue weighted by Gasteiger charge is 2.51. The van der Waals surface area contributed by atoms with Gasteiger partial charge in [0.15, 0.2) is 0 Å². The molecular weight excluding hydrogens is 358 g/mol. The zero-order valence-electron chi connectivity index (χ0n) is 15.3. The fourth-order valence-electron chi connectivity index (χ4n) is 4.02. The van der Waals surface area contributed by atoms with E-state index in [9.17, 15) is 18.4 Å². The quantitative estimate of drug-likeness (QED) is 0.810. The molecule has 1 aromatic rings. The van der Waals surface area contributed by atoms with Crippen LogP contribution < -0.4 is 0 Å². The summed E-state index contributed by atoms with van der Waals surface area (Å²) in [7, 11) is 1.67. The first-order valence-electron chi connectivity index (χ1n) is 9.09. The molecule has 1 amide bonds. The standard InChI is InChI=1S/C19H24F2N2O4/c1-22(12-16(24)25)10-13-11-23(8-9-27-13)18(26)19(6-3-7-19)17-14(20)4-2-5-15(17)21/h2,4-5,13H,3,6-12H2,1H3,(H,24,25). The van der Waals surface area contributed by atoms with Crippen LogP contribution in [0.1, 0.15) is 24.8 Å². The van der Waals surface area contributed by atoms with E-state index in [0.29, 0.717) is 32.5 Å². The van der Waals surface area contributed by atoms with Crippen molar-refractivity contribution < 1.29 is 28.2 Å². The largest absolute Gasteiger partial charge is 0.480 e. The minimum Gasteiger partial charge on any atom is -0.480 e. The highest BCUT2D eigenvalue weighted by Crippen LogP contribution is 2.47. The van der Waals surface area contributed by atoms with Crippen LogP contribution in [0.3, 0.4) is 0 Å². The van der Waals surface area contributed by atoms with Gasteiger partial charge in [-0.25, -0.2) is 8.78 Å². The van der Waals surface area contributed by atoms with Crippen molar-refractivity contribution >= 4 is 11.9 Å². The second kappa shape index (κ2) is 7.90. The van der Waals surface area contributed by atoms with Gasteiger partial charge in [0.2, 0.25) is 5.91 Å². The zero-order valence-corrected chi connectivity index (χ0v) is 15.3. The molecule has 3 rings (SSSR count). The van der Waals surface area contributed by atoms with E-state index in [0.717, 1.165) is 6.42 Å². The summed E-state index contributed by atoms with van der Waals surface area (Å²) in [6.07, 6.45) is 1.25. The summed E-state index contributed by atoms with van der Waals surface area (Å²) in [5, 5.41) is 8.86. The van der Waals surface area contributed by atoms with Crippen LogP contribution in [0, 0.1) is 11.6 Å². The molecule has 1 heterocycles. The van der Waals surface area contributed by atoms with Crippen molar-refractivity contribution in [2.45, 2.75) is 30.8 Å². The second-order valence-corrected chi connectivity index (χ2v) is 7.37. The van der Waals surface area contributed by atoms with Gasteiger partial charge in [0, 0.05) is 25.2 Å². The summed E-state index contributed by atoms with van der Waals surface area (Å²) in [4.78, 5) is 27.3. The molecule has 1 saturated carbocycles. The predicted octanol–water partition coefficient (Wildman–Crippen LogP) is 1.63. The first-order chi connectivity index (χ1) is 12.8. The molecule has 1 atom stereocenters. The van der Waals surface area contributed by atoms with Gasteiger partial charge >= 0.3 is 5.97 Å². The van der Waals surface area contributed by atoms with Crippen LogP contribution in [0.4, 0.5) is 8.78 Å². The normalized spacial score (nSPS) is 21.8. The maximum atomic E-state index is 14.4. The summed E-state index contributed by atoms with van der Waals surface area (Å²) in [6, 6.07) is 3.68. The van der Waals surface area contributed by atoms with Crippen LogP contribution in [-0.2, 0) is 19.7 Å². The van der Waals surface area contributed by atoms with Crippen LogP contribution in [0.25, 0.3) is 0 Å². The second-order valence-electron chi connectivity index (χ2n) is 7.37. The number of carboxylic acid groups (broad SMARTS) is 1. The molecule has 1 aliphatic carbocycles. The minimum absolute atomic E-state index is 0.127. The zero-order chi connectivity index (χ0) is 19.6. The summed E-state index contributed by atoms with van der Waals surface area (Å²) in [6.45, 7) is 1.18. The predicted molar refractivity (Wildman–Crippen MR) is 93.3 cm³/mol. The van der Waals surface area contributed by atoms with Crippen molar-refractivity contribution in [2.75, 3.05) is 39.8 Å². The van der Waals surface area contributed by atoms with Gasteiger partial charge < -0.3 is 14.7 Å². The van der Waals surface area contributed by atoms with Gasteiger partial charge in [-0.3, -0.25) is 14.5 Å². The maximum absolute atomic E-state index is 14.4. The molecule has 1 aliphatic heterocycles. The number of nitrogens with zero attached hydrogens (tertiary/aromatic N) is 2. The van der Waals surface area contributed by atoms with Crippen molar-refractivity contribution in [2.24, 2.45) is 0 Å². The third kappa shape index (κ3) is 3.96. The molecule has 148 valence electrons. The molecule has 2 aliphatic rings. The summed E-state index contributed by atoms with van der Waals surface area (Å²) < 4.78 is 34.4. The molecule has 8 heteroatoms. The highest BCUT2D eigenvalue weighted by molar-refractivity contribution is 5.89. The van der Waals surface area contributed by atoms with Crippen molar-refractivity contribution in [1.82, 2.24) is 9.80 Å². The van der Waals surface area contributed by atoms with Gasteiger partial charge in [0.05, 0.1) is 24.7 Å². The molecule has 0 bridgehead atoms. The van der Waals surface area contributed by atoms with E-state index in [1.807, 2.05) is 0 Å². The number of carboxylic acids is 1. The Morgan fingerprint density at radius 1 is 1.33 bits per heavy atom. The molecule has 1 N–H and O–H groups in total. The smallest absolute Gasteiger partial charge is 0.317 e. The maximum Gasteiger partial charge on any atom is 0.317 e. The van der Waals surface area contributed by atoms with Crippen LogP contribution >= 0.6 is 0 Å². The number of likely N-dealkylation sites (N-methyl/N-ethyl adjacent to an activating group) is 1. The molecule has 0 aromatic heterocycles. The van der Waals surface area contributed by atoms with Crippen LogP contribution in [0.5, 0.6) is 0 Å².